The molecule has 2 nitrogen and oxygen atoms in total. The molecular formula is C29H41F2NOS. The lowest BCUT2D eigenvalue weighted by Gasteiger charge is -2.60. The van der Waals surface area contributed by atoms with Crippen molar-refractivity contribution in [2.45, 2.75) is 102 Å². The quantitative estimate of drug-likeness (QED) is 0.407. The van der Waals surface area contributed by atoms with E-state index >= 15 is 0 Å². The summed E-state index contributed by atoms with van der Waals surface area (Å²) >= 11 is 0.944. The van der Waals surface area contributed by atoms with Gasteiger partial charge in [0.05, 0.1) is 4.90 Å². The van der Waals surface area contributed by atoms with Crippen LogP contribution in [0.3, 0.4) is 0 Å². The van der Waals surface area contributed by atoms with Gasteiger partial charge in [-0.3, -0.25) is 9.52 Å². The molecule has 1 aromatic carbocycles. The van der Waals surface area contributed by atoms with Crippen LogP contribution in [0.2, 0.25) is 0 Å². The highest BCUT2D eigenvalue weighted by molar-refractivity contribution is 7.98. The van der Waals surface area contributed by atoms with E-state index in [2.05, 4.69) is 18.6 Å². The summed E-state index contributed by atoms with van der Waals surface area (Å²) in [4.78, 5) is 12.6. The molecule has 0 aliphatic heterocycles. The van der Waals surface area contributed by atoms with Gasteiger partial charge in [0.2, 0.25) is 5.91 Å². The molecule has 7 unspecified atom stereocenters. The molecule has 34 heavy (non-hydrogen) atoms. The molecule has 0 saturated heterocycles. The SMILES string of the molecule is CC12CCCCC1CCC1C2CCC2(C)C(CCCC(=O)NSc3ccc(F)cc3F)CCC12. The number of benzene rings is 1. The normalized spacial score (nSPS) is 39.1. The molecule has 5 rings (SSSR count). The van der Waals surface area contributed by atoms with Crippen molar-refractivity contribution in [3.63, 3.8) is 0 Å². The van der Waals surface area contributed by atoms with E-state index in [1.807, 2.05) is 0 Å². The van der Waals surface area contributed by atoms with Crippen LogP contribution >= 0.6 is 11.9 Å². The number of rotatable bonds is 6. The summed E-state index contributed by atoms with van der Waals surface area (Å²) in [6.07, 6.45) is 16.7. The third kappa shape index (κ3) is 4.44. The molecule has 4 aliphatic carbocycles. The first-order valence-electron chi connectivity index (χ1n) is 13.7. The molecule has 0 spiro atoms. The molecule has 7 atom stereocenters. The van der Waals surface area contributed by atoms with E-state index in [-0.39, 0.29) is 10.8 Å². The predicted octanol–water partition coefficient (Wildman–Crippen LogP) is 8.31. The number of amides is 1. The van der Waals surface area contributed by atoms with Crippen molar-refractivity contribution >= 4 is 17.9 Å². The number of fused-ring (bicyclic) bond motifs is 5. The number of nitrogens with one attached hydrogen (secondary N) is 1. The first-order chi connectivity index (χ1) is 16.3. The Morgan fingerprint density at radius 2 is 1.82 bits per heavy atom. The van der Waals surface area contributed by atoms with Crippen LogP contribution < -0.4 is 4.72 Å². The molecule has 1 N–H and O–H groups in total. The van der Waals surface area contributed by atoms with Gasteiger partial charge in [-0.15, -0.1) is 0 Å². The van der Waals surface area contributed by atoms with Crippen LogP contribution in [0.4, 0.5) is 8.78 Å². The number of carbonyl (C=O) groups excluding carboxylic acids is 1. The van der Waals surface area contributed by atoms with E-state index in [1.54, 1.807) is 0 Å². The zero-order chi connectivity index (χ0) is 23.9. The Morgan fingerprint density at radius 1 is 1.00 bits per heavy atom. The summed E-state index contributed by atoms with van der Waals surface area (Å²) in [5.74, 6) is 3.14. The van der Waals surface area contributed by atoms with Crippen molar-refractivity contribution in [3.8, 4) is 0 Å². The third-order valence-corrected chi connectivity index (χ3v) is 11.8. The molecule has 188 valence electrons. The summed E-state index contributed by atoms with van der Waals surface area (Å²) in [6, 6.07) is 3.43. The van der Waals surface area contributed by atoms with E-state index in [4.69, 9.17) is 0 Å². The van der Waals surface area contributed by atoms with Crippen molar-refractivity contribution in [1.29, 1.82) is 0 Å². The lowest BCUT2D eigenvalue weighted by atomic mass is 9.45. The summed E-state index contributed by atoms with van der Waals surface area (Å²) < 4.78 is 29.6. The van der Waals surface area contributed by atoms with Crippen LogP contribution in [0.15, 0.2) is 23.1 Å². The second-order valence-electron chi connectivity index (χ2n) is 12.3. The molecule has 5 heteroatoms. The van der Waals surface area contributed by atoms with Crippen LogP contribution in [-0.2, 0) is 4.79 Å². The van der Waals surface area contributed by atoms with Crippen molar-refractivity contribution in [2.75, 3.05) is 0 Å². The Hall–Kier alpha value is -1.10. The molecule has 1 amide bonds. The molecule has 4 aliphatic rings. The van der Waals surface area contributed by atoms with Gasteiger partial charge in [-0.05, 0) is 129 Å². The van der Waals surface area contributed by atoms with Gasteiger partial charge in [0.15, 0.2) is 0 Å². The number of hydrogen-bond donors (Lipinski definition) is 1. The monoisotopic (exact) mass is 489 g/mol. The van der Waals surface area contributed by atoms with Crippen molar-refractivity contribution in [3.05, 3.63) is 29.8 Å². The van der Waals surface area contributed by atoms with Gasteiger partial charge in [0.1, 0.15) is 11.6 Å². The Labute approximate surface area is 208 Å². The fourth-order valence-electron chi connectivity index (χ4n) is 9.11. The molecule has 4 fully saturated rings. The number of hydrogen-bond acceptors (Lipinski definition) is 2. The fraction of sp³-hybridized carbons (Fsp3) is 0.759. The molecule has 4 saturated carbocycles. The van der Waals surface area contributed by atoms with Gasteiger partial charge >= 0.3 is 0 Å². The molecule has 1 aromatic rings. The second kappa shape index (κ2) is 9.75. The molecule has 0 aromatic heterocycles. The molecule has 0 bridgehead atoms. The molecular weight excluding hydrogens is 448 g/mol. The van der Waals surface area contributed by atoms with Gasteiger partial charge in [-0.2, -0.15) is 0 Å². The maximum atomic E-state index is 13.8. The van der Waals surface area contributed by atoms with E-state index in [0.29, 0.717) is 17.3 Å². The van der Waals surface area contributed by atoms with E-state index in [1.165, 1.54) is 76.3 Å². The van der Waals surface area contributed by atoms with Gasteiger partial charge in [0.25, 0.3) is 0 Å². The predicted molar refractivity (Wildman–Crippen MR) is 134 cm³/mol. The smallest absolute Gasteiger partial charge is 0.230 e. The van der Waals surface area contributed by atoms with Crippen LogP contribution in [0.5, 0.6) is 0 Å². The highest BCUT2D eigenvalue weighted by Gasteiger charge is 2.59. The Kier molecular flexibility index (Phi) is 7.05. The van der Waals surface area contributed by atoms with Crippen LogP contribution in [0.1, 0.15) is 97.3 Å². The number of carbonyl (C=O) groups is 1. The van der Waals surface area contributed by atoms with E-state index in [0.717, 1.165) is 60.4 Å². The van der Waals surface area contributed by atoms with Crippen LogP contribution in [0.25, 0.3) is 0 Å². The standard InChI is InChI=1S/C29H41F2NOS/c1-28-16-4-3-6-19(28)9-12-22-23-13-10-20(29(23,2)17-15-24(22)28)7-5-8-27(33)32-34-26-14-11-21(30)18-25(26)31/h11,14,18-20,22-24H,3-10,12-13,15-17H2,1-2H3,(H,32,33). The largest absolute Gasteiger partial charge is 0.296 e. The van der Waals surface area contributed by atoms with Gasteiger partial charge in [-0.1, -0.05) is 26.7 Å². The van der Waals surface area contributed by atoms with Gasteiger partial charge in [-0.25, -0.2) is 8.78 Å². The zero-order valence-electron chi connectivity index (χ0n) is 20.9. The second-order valence-corrected chi connectivity index (χ2v) is 13.2. The average molecular weight is 490 g/mol. The topological polar surface area (TPSA) is 29.1 Å². The lowest BCUT2D eigenvalue weighted by molar-refractivity contribution is -0.119. The number of halogens is 2. The molecule has 0 radical (unpaired) electrons. The minimum absolute atomic E-state index is 0.0688. The highest BCUT2D eigenvalue weighted by atomic mass is 32.2. The molecule has 0 heterocycles. The van der Waals surface area contributed by atoms with Crippen molar-refractivity contribution in [1.82, 2.24) is 4.72 Å². The fourth-order valence-corrected chi connectivity index (χ4v) is 9.73. The third-order valence-electron chi connectivity index (χ3n) is 10.9. The van der Waals surface area contributed by atoms with Gasteiger partial charge < -0.3 is 0 Å². The van der Waals surface area contributed by atoms with Crippen molar-refractivity contribution < 1.29 is 13.6 Å². The van der Waals surface area contributed by atoms with Gasteiger partial charge in [0, 0.05) is 12.5 Å². The van der Waals surface area contributed by atoms with E-state index < -0.39 is 11.6 Å². The summed E-state index contributed by atoms with van der Waals surface area (Å²) in [6.45, 7) is 5.23. The summed E-state index contributed by atoms with van der Waals surface area (Å²) in [5, 5.41) is 0. The maximum absolute atomic E-state index is 13.8. The Morgan fingerprint density at radius 3 is 2.65 bits per heavy atom. The lowest BCUT2D eigenvalue weighted by Crippen LogP contribution is -2.52. The first kappa shape index (κ1) is 24.6. The van der Waals surface area contributed by atoms with Crippen LogP contribution in [0, 0.1) is 52.1 Å². The highest BCUT2D eigenvalue weighted by Crippen LogP contribution is 2.67. The minimum atomic E-state index is -0.637. The van der Waals surface area contributed by atoms with Crippen molar-refractivity contribution in [2.24, 2.45) is 40.4 Å². The van der Waals surface area contributed by atoms with Crippen LogP contribution in [-0.4, -0.2) is 5.91 Å². The average Bonchev–Trinajstić information content (AvgIpc) is 3.14. The summed E-state index contributed by atoms with van der Waals surface area (Å²) in [7, 11) is 0. The first-order valence-corrected chi connectivity index (χ1v) is 14.5. The zero-order valence-corrected chi connectivity index (χ0v) is 21.7. The maximum Gasteiger partial charge on any atom is 0.230 e. The Bertz CT molecular complexity index is 908. The summed E-state index contributed by atoms with van der Waals surface area (Å²) in [5.41, 5.74) is 1.04. The Balaban J connectivity index is 1.13. The van der Waals surface area contributed by atoms with E-state index in [9.17, 15) is 13.6 Å². The minimum Gasteiger partial charge on any atom is -0.296 e.